The molecule has 2 rings (SSSR count). The number of carboxylic acids is 1. The van der Waals surface area contributed by atoms with Crippen molar-refractivity contribution in [1.82, 2.24) is 4.90 Å². The maximum atomic E-state index is 13.9. The van der Waals surface area contributed by atoms with Crippen molar-refractivity contribution >= 4 is 11.9 Å². The van der Waals surface area contributed by atoms with Gasteiger partial charge in [0.05, 0.1) is 17.7 Å². The Bertz CT molecular complexity index is 793. The van der Waals surface area contributed by atoms with Crippen LogP contribution in [0.3, 0.4) is 0 Å². The highest BCUT2D eigenvalue weighted by Crippen LogP contribution is 2.34. The molecule has 1 aliphatic heterocycles. The number of aliphatic hydroxyl groups excluding tert-OH is 1. The maximum Gasteiger partial charge on any atom is 0.335 e. The molecule has 1 heterocycles. The van der Waals surface area contributed by atoms with Crippen molar-refractivity contribution in [1.29, 1.82) is 0 Å². The molecule has 0 bridgehead atoms. The Morgan fingerprint density at radius 1 is 1.39 bits per heavy atom. The van der Waals surface area contributed by atoms with Crippen LogP contribution in [0.15, 0.2) is 36.4 Å². The van der Waals surface area contributed by atoms with E-state index in [1.165, 1.54) is 24.3 Å². The number of carbonyl (C=O) groups excluding carboxylic acids is 1. The zero-order chi connectivity index (χ0) is 20.7. The summed E-state index contributed by atoms with van der Waals surface area (Å²) in [5.74, 6) is -0.166. The van der Waals surface area contributed by atoms with Gasteiger partial charge in [0, 0.05) is 19.4 Å². The molecule has 0 aromatic heterocycles. The second-order valence-electron chi connectivity index (χ2n) is 6.64. The number of nitrogens with zero attached hydrogens (tertiary/aromatic N) is 1. The summed E-state index contributed by atoms with van der Waals surface area (Å²) in [6, 6.07) is 5.28. The minimum absolute atomic E-state index is 0.0766. The van der Waals surface area contributed by atoms with E-state index in [1.54, 1.807) is 19.1 Å². The molecule has 0 radical (unpaired) electrons. The summed E-state index contributed by atoms with van der Waals surface area (Å²) < 4.78 is 27.8. The molecule has 5 nitrogen and oxygen atoms in total. The van der Waals surface area contributed by atoms with E-state index in [1.807, 2.05) is 0 Å². The van der Waals surface area contributed by atoms with Crippen molar-refractivity contribution in [3.05, 3.63) is 47.5 Å². The van der Waals surface area contributed by atoms with Crippen LogP contribution >= 0.6 is 0 Å². The molecule has 0 spiro atoms. The lowest BCUT2D eigenvalue weighted by atomic mass is 10.1. The van der Waals surface area contributed by atoms with E-state index in [0.29, 0.717) is 19.3 Å². The van der Waals surface area contributed by atoms with Gasteiger partial charge < -0.3 is 15.1 Å². The van der Waals surface area contributed by atoms with E-state index < -0.39 is 36.4 Å². The highest BCUT2D eigenvalue weighted by molar-refractivity contribution is 5.87. The van der Waals surface area contributed by atoms with Crippen LogP contribution in [0, 0.1) is 11.8 Å². The molecule has 2 N–H and O–H groups in total. The number of aliphatic hydroxyl groups is 1. The lowest BCUT2D eigenvalue weighted by Crippen LogP contribution is -2.37. The standard InChI is InChI=1S/C21H23F2NO4/c1-2-3-4-5-18(25)11-10-17-14-21(22,23)20(28)24(17)13-12-15-6-8-16(9-7-15)19(26)27/h6-11,17-18,25H,4-5,12-14H2,1H3,(H,26,27)/t17-,18-/m0/s1. The zero-order valence-electron chi connectivity index (χ0n) is 15.6. The molecular formula is C21H23F2NO4. The number of likely N-dealkylation sites (tertiary alicyclic amines) is 1. The van der Waals surface area contributed by atoms with Crippen molar-refractivity contribution in [2.75, 3.05) is 6.54 Å². The fourth-order valence-corrected chi connectivity index (χ4v) is 3.02. The third-order valence-electron chi connectivity index (χ3n) is 4.58. The van der Waals surface area contributed by atoms with Crippen molar-refractivity contribution < 1.29 is 28.6 Å². The van der Waals surface area contributed by atoms with Crippen LogP contribution in [0.1, 0.15) is 42.1 Å². The minimum atomic E-state index is -3.43. The number of amides is 1. The highest BCUT2D eigenvalue weighted by Gasteiger charge is 2.52. The second kappa shape index (κ2) is 9.47. The fourth-order valence-electron chi connectivity index (χ4n) is 3.02. The highest BCUT2D eigenvalue weighted by atomic mass is 19.3. The molecule has 28 heavy (non-hydrogen) atoms. The third-order valence-corrected chi connectivity index (χ3v) is 4.58. The molecule has 7 heteroatoms. The lowest BCUT2D eigenvalue weighted by molar-refractivity contribution is -0.148. The van der Waals surface area contributed by atoms with E-state index in [0.717, 1.165) is 10.5 Å². The summed E-state index contributed by atoms with van der Waals surface area (Å²) in [6.07, 6.45) is 2.67. The van der Waals surface area contributed by atoms with Gasteiger partial charge in [-0.05, 0) is 37.5 Å². The van der Waals surface area contributed by atoms with Crippen LogP contribution in [0.25, 0.3) is 0 Å². The fraction of sp³-hybridized carbons (Fsp3) is 0.429. The number of alkyl halides is 2. The molecule has 150 valence electrons. The average molecular weight is 391 g/mol. The molecule has 2 atom stereocenters. The van der Waals surface area contributed by atoms with Crippen molar-refractivity contribution in [2.45, 2.75) is 50.7 Å². The lowest BCUT2D eigenvalue weighted by Gasteiger charge is -2.22. The summed E-state index contributed by atoms with van der Waals surface area (Å²) >= 11 is 0. The van der Waals surface area contributed by atoms with Gasteiger partial charge in [-0.3, -0.25) is 4.79 Å². The van der Waals surface area contributed by atoms with Crippen LogP contribution in [-0.4, -0.2) is 51.6 Å². The quantitative estimate of drug-likeness (QED) is 0.528. The van der Waals surface area contributed by atoms with E-state index in [4.69, 9.17) is 5.11 Å². The summed E-state index contributed by atoms with van der Waals surface area (Å²) in [4.78, 5) is 24.0. The molecule has 1 aliphatic rings. The van der Waals surface area contributed by atoms with Crippen molar-refractivity contribution in [2.24, 2.45) is 0 Å². The Balaban J connectivity index is 2.02. The van der Waals surface area contributed by atoms with Gasteiger partial charge in [0.25, 0.3) is 5.91 Å². The van der Waals surface area contributed by atoms with Gasteiger partial charge in [-0.1, -0.05) is 24.3 Å². The normalized spacial score (nSPS) is 19.5. The predicted octanol–water partition coefficient (Wildman–Crippen LogP) is 2.88. The van der Waals surface area contributed by atoms with E-state index >= 15 is 0 Å². The van der Waals surface area contributed by atoms with Crippen molar-refractivity contribution in [3.63, 3.8) is 0 Å². The number of halogens is 2. The molecule has 0 saturated carbocycles. The molecule has 1 aromatic carbocycles. The van der Waals surface area contributed by atoms with E-state index in [-0.39, 0.29) is 12.1 Å². The smallest absolute Gasteiger partial charge is 0.335 e. The third kappa shape index (κ3) is 5.64. The molecule has 1 aromatic rings. The largest absolute Gasteiger partial charge is 0.478 e. The Kier molecular flexibility index (Phi) is 7.30. The first-order chi connectivity index (χ1) is 13.2. The van der Waals surface area contributed by atoms with Gasteiger partial charge in [-0.2, -0.15) is 8.78 Å². The van der Waals surface area contributed by atoms with Crippen LogP contribution in [0.4, 0.5) is 8.78 Å². The predicted molar refractivity (Wildman–Crippen MR) is 100 cm³/mol. The number of aromatic carboxylic acids is 1. The maximum absolute atomic E-state index is 13.9. The Labute approximate surface area is 162 Å². The first-order valence-corrected chi connectivity index (χ1v) is 9.01. The number of benzene rings is 1. The second-order valence-corrected chi connectivity index (χ2v) is 6.64. The number of hydrogen-bond donors (Lipinski definition) is 2. The number of hydrogen-bond acceptors (Lipinski definition) is 3. The first-order valence-electron chi connectivity index (χ1n) is 9.01. The number of rotatable bonds is 8. The summed E-state index contributed by atoms with van der Waals surface area (Å²) in [5.41, 5.74) is 0.879. The Hall–Kier alpha value is -2.72. The van der Waals surface area contributed by atoms with Crippen LogP contribution in [-0.2, 0) is 11.2 Å². The van der Waals surface area contributed by atoms with Crippen molar-refractivity contribution in [3.8, 4) is 11.8 Å². The first kappa shape index (κ1) is 21.6. The molecule has 0 aliphatic carbocycles. The average Bonchev–Trinajstić information content (AvgIpc) is 2.87. The minimum Gasteiger partial charge on any atom is -0.478 e. The summed E-state index contributed by atoms with van der Waals surface area (Å²) in [7, 11) is 0. The molecular weight excluding hydrogens is 368 g/mol. The zero-order valence-corrected chi connectivity index (χ0v) is 15.6. The van der Waals surface area contributed by atoms with E-state index in [2.05, 4.69) is 11.8 Å². The molecule has 1 saturated heterocycles. The van der Waals surface area contributed by atoms with Crippen LogP contribution in [0.5, 0.6) is 0 Å². The van der Waals surface area contributed by atoms with Gasteiger partial charge in [0.1, 0.15) is 0 Å². The SMILES string of the molecule is CC#CCC[C@H](O)C=C[C@H]1CC(F)(F)C(=O)N1CCc1ccc(C(=O)O)cc1. The van der Waals surface area contributed by atoms with Gasteiger partial charge >= 0.3 is 11.9 Å². The summed E-state index contributed by atoms with van der Waals surface area (Å²) in [6.45, 7) is 1.77. The van der Waals surface area contributed by atoms with Gasteiger partial charge in [-0.25, -0.2) is 4.79 Å². The van der Waals surface area contributed by atoms with Gasteiger partial charge in [0.15, 0.2) is 0 Å². The monoisotopic (exact) mass is 391 g/mol. The molecule has 1 amide bonds. The Morgan fingerprint density at radius 3 is 2.68 bits per heavy atom. The van der Waals surface area contributed by atoms with Gasteiger partial charge in [-0.15, -0.1) is 11.8 Å². The molecule has 0 unspecified atom stereocenters. The topological polar surface area (TPSA) is 77.8 Å². The summed E-state index contributed by atoms with van der Waals surface area (Å²) in [5, 5.41) is 18.8. The van der Waals surface area contributed by atoms with Crippen LogP contribution < -0.4 is 0 Å². The molecule has 1 fully saturated rings. The van der Waals surface area contributed by atoms with Gasteiger partial charge in [0.2, 0.25) is 0 Å². The number of carbonyl (C=O) groups is 2. The van der Waals surface area contributed by atoms with E-state index in [9.17, 15) is 23.5 Å². The van der Waals surface area contributed by atoms with Crippen LogP contribution in [0.2, 0.25) is 0 Å². The number of carboxylic acid groups (broad SMARTS) is 1. The Morgan fingerprint density at radius 2 is 2.07 bits per heavy atom.